The van der Waals surface area contributed by atoms with Gasteiger partial charge in [-0.1, -0.05) is 31.4 Å². The van der Waals surface area contributed by atoms with Gasteiger partial charge < -0.3 is 5.32 Å². The molecular formula is C11H16ClNS. The van der Waals surface area contributed by atoms with Crippen molar-refractivity contribution in [3.05, 3.63) is 21.3 Å². The Labute approximate surface area is 94.5 Å². The van der Waals surface area contributed by atoms with E-state index >= 15 is 0 Å². The van der Waals surface area contributed by atoms with Crippen molar-refractivity contribution in [2.45, 2.75) is 32.2 Å². The summed E-state index contributed by atoms with van der Waals surface area (Å²) in [6, 6.07) is 4.69. The van der Waals surface area contributed by atoms with Gasteiger partial charge in [-0.2, -0.15) is 0 Å². The summed E-state index contributed by atoms with van der Waals surface area (Å²) in [5.74, 6) is 0.958. The molecule has 1 heterocycles. The minimum Gasteiger partial charge on any atom is -0.310 e. The third kappa shape index (κ3) is 2.72. The fraction of sp³-hybridized carbons (Fsp3) is 0.636. The van der Waals surface area contributed by atoms with Gasteiger partial charge in [-0.3, -0.25) is 0 Å². The normalized spacial score (nSPS) is 18.4. The van der Waals surface area contributed by atoms with E-state index in [-0.39, 0.29) is 0 Å². The lowest BCUT2D eigenvalue weighted by Gasteiger charge is -2.15. The van der Waals surface area contributed by atoms with Gasteiger partial charge in [-0.15, -0.1) is 11.3 Å². The van der Waals surface area contributed by atoms with Crippen LogP contribution in [0.2, 0.25) is 4.34 Å². The highest BCUT2D eigenvalue weighted by Crippen LogP contribution is 2.39. The van der Waals surface area contributed by atoms with Crippen LogP contribution >= 0.6 is 22.9 Å². The first-order valence-corrected chi connectivity index (χ1v) is 6.47. The second-order valence-corrected chi connectivity index (χ2v) is 5.68. The summed E-state index contributed by atoms with van der Waals surface area (Å²) >= 11 is 7.66. The van der Waals surface area contributed by atoms with Gasteiger partial charge in [-0.05, 0) is 31.0 Å². The number of nitrogens with one attached hydrogen (secondary N) is 1. The van der Waals surface area contributed by atoms with Gasteiger partial charge in [0, 0.05) is 10.9 Å². The number of halogens is 1. The summed E-state index contributed by atoms with van der Waals surface area (Å²) in [5.41, 5.74) is 0. The number of hydrogen-bond acceptors (Lipinski definition) is 2. The predicted octanol–water partition coefficient (Wildman–Crippen LogP) is 3.85. The molecule has 1 unspecified atom stereocenters. The van der Waals surface area contributed by atoms with E-state index < -0.39 is 0 Å². The number of thiophene rings is 1. The summed E-state index contributed by atoms with van der Waals surface area (Å²) in [5, 5.41) is 3.54. The smallest absolute Gasteiger partial charge is 0.0931 e. The fourth-order valence-corrected chi connectivity index (χ4v) is 2.90. The molecule has 0 aliphatic heterocycles. The average molecular weight is 230 g/mol. The second kappa shape index (κ2) is 4.65. The van der Waals surface area contributed by atoms with Crippen molar-refractivity contribution < 1.29 is 0 Å². The van der Waals surface area contributed by atoms with Crippen LogP contribution in [0.1, 0.15) is 37.1 Å². The van der Waals surface area contributed by atoms with Gasteiger partial charge in [0.05, 0.1) is 4.34 Å². The Bertz CT molecular complexity index is 293. The zero-order chi connectivity index (χ0) is 9.97. The van der Waals surface area contributed by atoms with Crippen molar-refractivity contribution in [3.8, 4) is 0 Å². The maximum atomic E-state index is 5.95. The maximum absolute atomic E-state index is 5.95. The lowest BCUT2D eigenvalue weighted by molar-refractivity contribution is 0.493. The van der Waals surface area contributed by atoms with E-state index in [4.69, 9.17) is 11.6 Å². The molecule has 14 heavy (non-hydrogen) atoms. The molecular weight excluding hydrogens is 214 g/mol. The first-order chi connectivity index (χ1) is 6.79. The summed E-state index contributed by atoms with van der Waals surface area (Å²) in [6.45, 7) is 3.20. The Balaban J connectivity index is 2.00. The maximum Gasteiger partial charge on any atom is 0.0931 e. The molecule has 0 spiro atoms. The van der Waals surface area contributed by atoms with Gasteiger partial charge >= 0.3 is 0 Å². The quantitative estimate of drug-likeness (QED) is 0.809. The van der Waals surface area contributed by atoms with Crippen LogP contribution in [0.25, 0.3) is 0 Å². The third-order valence-electron chi connectivity index (χ3n) is 2.65. The molecule has 0 bridgehead atoms. The standard InChI is InChI=1S/C11H16ClNS/c1-2-13-9(7-8-3-4-8)10-5-6-11(12)14-10/h5-6,8-9,13H,2-4,7H2,1H3. The Morgan fingerprint density at radius 2 is 2.36 bits per heavy atom. The van der Waals surface area contributed by atoms with Gasteiger partial charge in [0.15, 0.2) is 0 Å². The molecule has 1 fully saturated rings. The van der Waals surface area contributed by atoms with Gasteiger partial charge in [0.2, 0.25) is 0 Å². The Hall–Kier alpha value is -0.0500. The van der Waals surface area contributed by atoms with Crippen LogP contribution < -0.4 is 5.32 Å². The molecule has 0 radical (unpaired) electrons. The van der Waals surface area contributed by atoms with Crippen LogP contribution in [-0.4, -0.2) is 6.54 Å². The van der Waals surface area contributed by atoms with Crippen molar-refractivity contribution in [3.63, 3.8) is 0 Å². The van der Waals surface area contributed by atoms with Crippen molar-refractivity contribution in [2.24, 2.45) is 5.92 Å². The molecule has 1 N–H and O–H groups in total. The van der Waals surface area contributed by atoms with Crippen molar-refractivity contribution >= 4 is 22.9 Å². The van der Waals surface area contributed by atoms with E-state index in [0.717, 1.165) is 16.8 Å². The molecule has 3 heteroatoms. The molecule has 1 atom stereocenters. The minimum atomic E-state index is 0.532. The SMILES string of the molecule is CCNC(CC1CC1)c1ccc(Cl)s1. The monoisotopic (exact) mass is 229 g/mol. The predicted molar refractivity (Wildman–Crippen MR) is 63.1 cm³/mol. The lowest BCUT2D eigenvalue weighted by atomic mass is 10.1. The van der Waals surface area contributed by atoms with E-state index in [9.17, 15) is 0 Å². The molecule has 0 amide bonds. The van der Waals surface area contributed by atoms with Crippen LogP contribution in [0.15, 0.2) is 12.1 Å². The second-order valence-electron chi connectivity index (χ2n) is 3.93. The summed E-state index contributed by atoms with van der Waals surface area (Å²) < 4.78 is 0.902. The molecule has 2 rings (SSSR count). The van der Waals surface area contributed by atoms with E-state index in [1.54, 1.807) is 11.3 Å². The van der Waals surface area contributed by atoms with Crippen LogP contribution in [-0.2, 0) is 0 Å². The first kappa shape index (κ1) is 10.5. The highest BCUT2D eigenvalue weighted by molar-refractivity contribution is 7.16. The molecule has 0 saturated heterocycles. The van der Waals surface area contributed by atoms with E-state index in [1.807, 2.05) is 6.07 Å². The van der Waals surface area contributed by atoms with E-state index in [2.05, 4.69) is 18.3 Å². The van der Waals surface area contributed by atoms with E-state index in [0.29, 0.717) is 6.04 Å². The Morgan fingerprint density at radius 1 is 1.57 bits per heavy atom. The zero-order valence-corrected chi connectivity index (χ0v) is 10.00. The molecule has 78 valence electrons. The molecule has 1 aliphatic rings. The molecule has 0 aromatic carbocycles. The number of rotatable bonds is 5. The molecule has 1 aromatic heterocycles. The van der Waals surface area contributed by atoms with Gasteiger partial charge in [-0.25, -0.2) is 0 Å². The van der Waals surface area contributed by atoms with Gasteiger partial charge in [0.25, 0.3) is 0 Å². The van der Waals surface area contributed by atoms with E-state index in [1.165, 1.54) is 24.1 Å². The number of hydrogen-bond donors (Lipinski definition) is 1. The first-order valence-electron chi connectivity index (χ1n) is 5.28. The molecule has 1 saturated carbocycles. The summed E-state index contributed by atoms with van der Waals surface area (Å²) in [6.07, 6.45) is 4.12. The average Bonchev–Trinajstić information content (AvgIpc) is 2.87. The van der Waals surface area contributed by atoms with Crippen molar-refractivity contribution in [1.82, 2.24) is 5.32 Å². The van der Waals surface area contributed by atoms with Crippen LogP contribution in [0.3, 0.4) is 0 Å². The lowest BCUT2D eigenvalue weighted by Crippen LogP contribution is -2.20. The minimum absolute atomic E-state index is 0.532. The topological polar surface area (TPSA) is 12.0 Å². The zero-order valence-electron chi connectivity index (χ0n) is 8.42. The van der Waals surface area contributed by atoms with Gasteiger partial charge in [0.1, 0.15) is 0 Å². The summed E-state index contributed by atoms with van der Waals surface area (Å²) in [7, 11) is 0. The van der Waals surface area contributed by atoms with Crippen LogP contribution in [0, 0.1) is 5.92 Å². The third-order valence-corrected chi connectivity index (χ3v) is 4.00. The Morgan fingerprint density at radius 3 is 2.86 bits per heavy atom. The largest absolute Gasteiger partial charge is 0.310 e. The highest BCUT2D eigenvalue weighted by Gasteiger charge is 2.26. The van der Waals surface area contributed by atoms with Crippen molar-refractivity contribution in [1.29, 1.82) is 0 Å². The summed E-state index contributed by atoms with van der Waals surface area (Å²) in [4.78, 5) is 1.39. The van der Waals surface area contributed by atoms with Crippen molar-refractivity contribution in [2.75, 3.05) is 6.54 Å². The molecule has 1 aliphatic carbocycles. The van der Waals surface area contributed by atoms with Crippen LogP contribution in [0.4, 0.5) is 0 Å². The molecule has 1 nitrogen and oxygen atoms in total. The Kier molecular flexibility index (Phi) is 3.47. The fourth-order valence-electron chi connectivity index (χ4n) is 1.75. The highest BCUT2D eigenvalue weighted by atomic mass is 35.5. The molecule has 1 aromatic rings. The van der Waals surface area contributed by atoms with Crippen LogP contribution in [0.5, 0.6) is 0 Å².